The highest BCUT2D eigenvalue weighted by Crippen LogP contribution is 2.40. The van der Waals surface area contributed by atoms with Crippen molar-refractivity contribution in [3.05, 3.63) is 119 Å². The second-order valence-corrected chi connectivity index (χ2v) is 10.9. The molecule has 2 aromatic carbocycles. The highest BCUT2D eigenvalue weighted by Gasteiger charge is 2.32. The summed E-state index contributed by atoms with van der Waals surface area (Å²) in [4.78, 5) is 16.0. The molecule has 4 rings (SSSR count). The number of Topliss-reactive ketones (excluding diaryl/α,β-unsaturated/α-hetero) is 1. The molecule has 0 saturated heterocycles. The third-order valence-electron chi connectivity index (χ3n) is 7.72. The Morgan fingerprint density at radius 1 is 0.950 bits per heavy atom. The van der Waals surface area contributed by atoms with Gasteiger partial charge in [-0.05, 0) is 90.6 Å². The Morgan fingerprint density at radius 2 is 1.68 bits per heavy atom. The van der Waals surface area contributed by atoms with Gasteiger partial charge in [0, 0.05) is 30.9 Å². The normalized spacial score (nSPS) is 15.6. The molecule has 0 radical (unpaired) electrons. The molecule has 1 aromatic heterocycles. The molecule has 4 heteroatoms. The Hall–Kier alpha value is -3.79. The number of hydrazone groups is 1. The predicted octanol–water partition coefficient (Wildman–Crippen LogP) is 9.02. The number of nitrogens with zero attached hydrogens (tertiary/aromatic N) is 3. The average molecular weight is 534 g/mol. The molecule has 0 spiro atoms. The van der Waals surface area contributed by atoms with Gasteiger partial charge < -0.3 is 4.79 Å². The van der Waals surface area contributed by atoms with E-state index in [0.717, 1.165) is 55.5 Å². The van der Waals surface area contributed by atoms with Gasteiger partial charge in [-0.25, -0.2) is 0 Å². The molecule has 208 valence electrons. The first-order valence-electron chi connectivity index (χ1n) is 14.8. The molecular formula is C36H43N3O. The van der Waals surface area contributed by atoms with Gasteiger partial charge >= 0.3 is 0 Å². The van der Waals surface area contributed by atoms with E-state index in [9.17, 15) is 4.79 Å². The first-order valence-corrected chi connectivity index (χ1v) is 14.8. The van der Waals surface area contributed by atoms with Crippen LogP contribution in [-0.4, -0.2) is 21.5 Å². The molecule has 1 unspecified atom stereocenters. The number of benzene rings is 2. The van der Waals surface area contributed by atoms with Gasteiger partial charge in [0.05, 0.1) is 11.8 Å². The van der Waals surface area contributed by atoms with E-state index in [4.69, 9.17) is 5.10 Å². The lowest BCUT2D eigenvalue weighted by molar-refractivity contribution is -0.117. The van der Waals surface area contributed by atoms with Gasteiger partial charge in [-0.15, -0.1) is 0 Å². The summed E-state index contributed by atoms with van der Waals surface area (Å²) in [5.74, 6) is 0.168. The maximum Gasteiger partial charge on any atom is 0.130 e. The van der Waals surface area contributed by atoms with Crippen LogP contribution in [0.25, 0.3) is 5.57 Å². The van der Waals surface area contributed by atoms with Crippen LogP contribution < -0.4 is 0 Å². The molecule has 0 saturated carbocycles. The lowest BCUT2D eigenvalue weighted by atomic mass is 9.84. The summed E-state index contributed by atoms with van der Waals surface area (Å²) < 4.78 is 0. The van der Waals surface area contributed by atoms with Crippen molar-refractivity contribution in [2.24, 2.45) is 5.10 Å². The Kier molecular flexibility index (Phi) is 10.2. The number of hydrogen-bond acceptors (Lipinski definition) is 4. The van der Waals surface area contributed by atoms with Crippen molar-refractivity contribution >= 4 is 17.1 Å². The standard InChI is InChI=1S/C36H43N3O/c1-6-8-13-33(36(32-14-10-9-12-26(32)3)31-19-17-29(11-7-2)18-20-31)34-25-35(30-21-23-37-24-22-30)39(38-34)27(4)15-16-28(5)40/h9-10,12,14,17-24,35H,4,6-8,11,13,15-16,25H2,1-3,5H3/b36-33+. The zero-order valence-electron chi connectivity index (χ0n) is 24.6. The molecular weight excluding hydrogens is 490 g/mol. The first kappa shape index (κ1) is 29.2. The summed E-state index contributed by atoms with van der Waals surface area (Å²) in [5.41, 5.74) is 10.8. The van der Waals surface area contributed by atoms with Crippen LogP contribution in [0.2, 0.25) is 0 Å². The van der Waals surface area contributed by atoms with Gasteiger partial charge in [0.2, 0.25) is 0 Å². The van der Waals surface area contributed by atoms with Crippen molar-refractivity contribution in [1.82, 2.24) is 9.99 Å². The quantitative estimate of drug-likeness (QED) is 0.220. The van der Waals surface area contributed by atoms with Gasteiger partial charge in [-0.2, -0.15) is 5.10 Å². The monoisotopic (exact) mass is 533 g/mol. The molecule has 4 nitrogen and oxygen atoms in total. The van der Waals surface area contributed by atoms with Crippen LogP contribution in [0, 0.1) is 6.92 Å². The number of hydrogen-bond donors (Lipinski definition) is 0. The zero-order valence-corrected chi connectivity index (χ0v) is 24.6. The van der Waals surface area contributed by atoms with Crippen molar-refractivity contribution in [3.8, 4) is 0 Å². The maximum atomic E-state index is 11.8. The summed E-state index contributed by atoms with van der Waals surface area (Å²) in [6, 6.07) is 22.0. The number of aromatic nitrogens is 1. The van der Waals surface area contributed by atoms with Crippen LogP contribution in [0.5, 0.6) is 0 Å². The Balaban J connectivity index is 1.88. The Morgan fingerprint density at radius 3 is 2.33 bits per heavy atom. The van der Waals surface area contributed by atoms with Gasteiger partial charge in [-0.3, -0.25) is 9.99 Å². The third-order valence-corrected chi connectivity index (χ3v) is 7.72. The maximum absolute atomic E-state index is 11.8. The number of allylic oxidation sites excluding steroid dienone is 2. The minimum atomic E-state index is 0.0270. The third kappa shape index (κ3) is 7.04. The van der Waals surface area contributed by atoms with Crippen LogP contribution in [0.1, 0.15) is 99.6 Å². The van der Waals surface area contributed by atoms with Crippen molar-refractivity contribution < 1.29 is 4.79 Å². The van der Waals surface area contributed by atoms with Crippen LogP contribution in [0.3, 0.4) is 0 Å². The van der Waals surface area contributed by atoms with E-state index in [2.05, 4.69) is 98.0 Å². The largest absolute Gasteiger partial charge is 0.300 e. The minimum Gasteiger partial charge on any atom is -0.300 e. The zero-order chi connectivity index (χ0) is 28.5. The van der Waals surface area contributed by atoms with Gasteiger partial charge in [-0.1, -0.05) is 81.8 Å². The van der Waals surface area contributed by atoms with Crippen molar-refractivity contribution in [3.63, 3.8) is 0 Å². The molecule has 3 aromatic rings. The van der Waals surface area contributed by atoms with E-state index in [-0.39, 0.29) is 11.8 Å². The van der Waals surface area contributed by atoms with Crippen LogP contribution in [-0.2, 0) is 11.2 Å². The van der Waals surface area contributed by atoms with Gasteiger partial charge in [0.1, 0.15) is 5.78 Å². The average Bonchev–Trinajstić information content (AvgIpc) is 3.41. The SMILES string of the molecule is C=C(CCC(C)=O)N1N=C(/C(CCCC)=C(\c2ccc(CCC)cc2)c2ccccc2C)CC1c1ccncc1. The van der Waals surface area contributed by atoms with Gasteiger partial charge in [0.15, 0.2) is 0 Å². The second-order valence-electron chi connectivity index (χ2n) is 10.9. The summed E-state index contributed by atoms with van der Waals surface area (Å²) >= 11 is 0. The van der Waals surface area contributed by atoms with Crippen molar-refractivity contribution in [2.45, 2.75) is 85.1 Å². The number of aryl methyl sites for hydroxylation is 2. The van der Waals surface area contributed by atoms with Crippen LogP contribution >= 0.6 is 0 Å². The molecule has 0 aliphatic carbocycles. The molecule has 1 atom stereocenters. The van der Waals surface area contributed by atoms with Crippen LogP contribution in [0.4, 0.5) is 0 Å². The number of unbranched alkanes of at least 4 members (excludes halogenated alkanes) is 1. The molecule has 0 bridgehead atoms. The summed E-state index contributed by atoms with van der Waals surface area (Å²) in [6.07, 6.45) is 10.9. The molecule has 40 heavy (non-hydrogen) atoms. The Bertz CT molecular complexity index is 1370. The molecule has 1 aliphatic rings. The van der Waals surface area contributed by atoms with Crippen molar-refractivity contribution in [2.75, 3.05) is 0 Å². The fraction of sp³-hybridized carbons (Fsp3) is 0.361. The topological polar surface area (TPSA) is 45.6 Å². The van der Waals surface area contributed by atoms with E-state index in [1.165, 1.54) is 33.4 Å². The van der Waals surface area contributed by atoms with Crippen LogP contribution in [0.15, 0.2) is 96.0 Å². The highest BCUT2D eigenvalue weighted by molar-refractivity contribution is 6.10. The molecule has 1 aliphatic heterocycles. The Labute approximate surface area is 240 Å². The van der Waals surface area contributed by atoms with E-state index < -0.39 is 0 Å². The fourth-order valence-electron chi connectivity index (χ4n) is 5.50. The minimum absolute atomic E-state index is 0.0270. The summed E-state index contributed by atoms with van der Waals surface area (Å²) in [7, 11) is 0. The lowest BCUT2D eigenvalue weighted by Crippen LogP contribution is -2.19. The summed E-state index contributed by atoms with van der Waals surface area (Å²) in [5, 5.41) is 7.36. The number of rotatable bonds is 13. The van der Waals surface area contributed by atoms with E-state index in [1.54, 1.807) is 6.92 Å². The lowest BCUT2D eigenvalue weighted by Gasteiger charge is -2.25. The van der Waals surface area contributed by atoms with E-state index >= 15 is 0 Å². The number of pyridine rings is 1. The second kappa shape index (κ2) is 14.0. The number of carbonyl (C=O) groups is 1. The smallest absolute Gasteiger partial charge is 0.130 e. The molecule has 2 heterocycles. The summed E-state index contributed by atoms with van der Waals surface area (Å²) in [6.45, 7) is 12.7. The number of carbonyl (C=O) groups excluding carboxylic acids is 1. The predicted molar refractivity (Wildman–Crippen MR) is 167 cm³/mol. The van der Waals surface area contributed by atoms with E-state index in [0.29, 0.717) is 12.8 Å². The highest BCUT2D eigenvalue weighted by atomic mass is 16.1. The molecule has 0 amide bonds. The van der Waals surface area contributed by atoms with Gasteiger partial charge in [0.25, 0.3) is 0 Å². The number of ketones is 1. The molecule has 0 N–H and O–H groups in total. The van der Waals surface area contributed by atoms with E-state index in [1.807, 2.05) is 12.4 Å². The first-order chi connectivity index (χ1) is 19.4. The molecule has 0 fully saturated rings. The van der Waals surface area contributed by atoms with Crippen molar-refractivity contribution in [1.29, 1.82) is 0 Å². The fourth-order valence-corrected chi connectivity index (χ4v) is 5.50.